The summed E-state index contributed by atoms with van der Waals surface area (Å²) in [5.41, 5.74) is 2.76. The molecule has 0 aliphatic rings. The van der Waals surface area contributed by atoms with E-state index in [-0.39, 0.29) is 0 Å². The predicted molar refractivity (Wildman–Crippen MR) is 85.9 cm³/mol. The van der Waals surface area contributed by atoms with Gasteiger partial charge in [-0.3, -0.25) is 0 Å². The second kappa shape index (κ2) is 29.4. The molecule has 0 N–H and O–H groups in total. The third kappa shape index (κ3) is 20.9. The van der Waals surface area contributed by atoms with Crippen LogP contribution in [0.2, 0.25) is 0 Å². The zero-order chi connectivity index (χ0) is 14.7. The van der Waals surface area contributed by atoms with Gasteiger partial charge in [0, 0.05) is 0 Å². The molecule has 17 heavy (non-hydrogen) atoms. The molecule has 0 saturated heterocycles. The first-order valence-corrected chi connectivity index (χ1v) is 6.88. The number of benzene rings is 1. The number of hydrogen-bond donors (Lipinski definition) is 0. The van der Waals surface area contributed by atoms with Crippen LogP contribution in [-0.4, -0.2) is 0 Å². The largest absolute Gasteiger partial charge is 0.106 e. The van der Waals surface area contributed by atoms with Crippen molar-refractivity contribution in [1.82, 2.24) is 0 Å². The molecule has 0 saturated carbocycles. The minimum atomic E-state index is 1.14. The van der Waals surface area contributed by atoms with Crippen LogP contribution in [0.15, 0.2) is 37.4 Å². The first-order chi connectivity index (χ1) is 8.33. The van der Waals surface area contributed by atoms with Crippen molar-refractivity contribution in [3.8, 4) is 0 Å². The van der Waals surface area contributed by atoms with Gasteiger partial charge in [-0.25, -0.2) is 0 Å². The molecule has 0 radical (unpaired) electrons. The maximum Gasteiger partial charge on any atom is -0.0307 e. The van der Waals surface area contributed by atoms with Crippen molar-refractivity contribution < 1.29 is 0 Å². The van der Waals surface area contributed by atoms with Gasteiger partial charge in [-0.2, -0.15) is 0 Å². The Kier molecular flexibility index (Phi) is 43.2. The quantitative estimate of drug-likeness (QED) is 0.494. The van der Waals surface area contributed by atoms with Gasteiger partial charge in [0.25, 0.3) is 0 Å². The van der Waals surface area contributed by atoms with Crippen molar-refractivity contribution in [2.24, 2.45) is 0 Å². The lowest BCUT2D eigenvalue weighted by Crippen LogP contribution is -1.77. The van der Waals surface area contributed by atoms with Crippen molar-refractivity contribution in [2.75, 3.05) is 0 Å². The molecule has 0 bridgehead atoms. The van der Waals surface area contributed by atoms with Gasteiger partial charge in [-0.05, 0) is 18.9 Å². The second-order valence-electron chi connectivity index (χ2n) is 2.34. The van der Waals surface area contributed by atoms with Crippen molar-refractivity contribution in [2.45, 2.75) is 61.8 Å². The Labute approximate surface area is 111 Å². The Hall–Kier alpha value is -1.04. The molecule has 102 valence electrons. The molecule has 1 rings (SSSR count). The van der Waals surface area contributed by atoms with Crippen molar-refractivity contribution in [3.05, 3.63) is 48.6 Å². The second-order valence-corrected chi connectivity index (χ2v) is 2.34. The van der Waals surface area contributed by atoms with Crippen molar-refractivity contribution >= 4 is 0 Å². The summed E-state index contributed by atoms with van der Waals surface area (Å²) in [6.45, 7) is 22.3. The van der Waals surface area contributed by atoms with Crippen molar-refractivity contribution in [3.63, 3.8) is 0 Å². The van der Waals surface area contributed by atoms with Gasteiger partial charge in [0.1, 0.15) is 0 Å². The Morgan fingerprint density at radius 1 is 0.765 bits per heavy atom. The standard InChI is InChI=1S/C9H12.3C2H6.C2H4/c1-3-9-6-4-8(2)5-7-9;4*1-2/h4-7H,3H2,1-2H3;3*1-2H3;1-2H2. The molecule has 0 amide bonds. The highest BCUT2D eigenvalue weighted by molar-refractivity contribution is 5.20. The summed E-state index contributed by atoms with van der Waals surface area (Å²) in [4.78, 5) is 0. The molecule has 0 atom stereocenters. The summed E-state index contributed by atoms with van der Waals surface area (Å²) in [6.07, 6.45) is 1.14. The molecular weight excluding hydrogens is 204 g/mol. The molecule has 1 aromatic rings. The van der Waals surface area contributed by atoms with Gasteiger partial charge in [0.15, 0.2) is 0 Å². The van der Waals surface area contributed by atoms with Crippen molar-refractivity contribution in [1.29, 1.82) is 0 Å². The van der Waals surface area contributed by atoms with Crippen LogP contribution in [0.5, 0.6) is 0 Å². The fourth-order valence-electron chi connectivity index (χ4n) is 0.824. The van der Waals surface area contributed by atoms with E-state index in [1.165, 1.54) is 11.1 Å². The minimum absolute atomic E-state index is 1.14. The van der Waals surface area contributed by atoms with Crippen LogP contribution in [0.1, 0.15) is 59.6 Å². The van der Waals surface area contributed by atoms with Crippen LogP contribution in [-0.2, 0) is 6.42 Å². The molecule has 0 spiro atoms. The molecule has 0 heterocycles. The first-order valence-electron chi connectivity index (χ1n) is 6.88. The van der Waals surface area contributed by atoms with E-state index in [2.05, 4.69) is 51.3 Å². The van der Waals surface area contributed by atoms with Gasteiger partial charge >= 0.3 is 0 Å². The van der Waals surface area contributed by atoms with Crippen LogP contribution in [0.3, 0.4) is 0 Å². The summed E-state index contributed by atoms with van der Waals surface area (Å²) in [7, 11) is 0. The van der Waals surface area contributed by atoms with Crippen LogP contribution in [0, 0.1) is 6.92 Å². The zero-order valence-corrected chi connectivity index (χ0v) is 13.4. The van der Waals surface area contributed by atoms with E-state index in [1.807, 2.05) is 41.5 Å². The summed E-state index contributed by atoms with van der Waals surface area (Å²) >= 11 is 0. The molecule has 0 fully saturated rings. The maximum atomic E-state index is 3.00. The van der Waals surface area contributed by atoms with Crippen LogP contribution >= 0.6 is 0 Å². The monoisotopic (exact) mass is 238 g/mol. The van der Waals surface area contributed by atoms with Gasteiger partial charge < -0.3 is 0 Å². The molecule has 0 nitrogen and oxygen atoms in total. The fraction of sp³-hybridized carbons (Fsp3) is 0.529. The summed E-state index contributed by atoms with van der Waals surface area (Å²) in [5, 5.41) is 0. The van der Waals surface area contributed by atoms with Gasteiger partial charge in [0.2, 0.25) is 0 Å². The zero-order valence-electron chi connectivity index (χ0n) is 13.4. The van der Waals surface area contributed by atoms with E-state index in [9.17, 15) is 0 Å². The molecule has 0 aliphatic carbocycles. The van der Waals surface area contributed by atoms with E-state index < -0.39 is 0 Å². The van der Waals surface area contributed by atoms with E-state index in [0.29, 0.717) is 0 Å². The van der Waals surface area contributed by atoms with Gasteiger partial charge in [-0.15, -0.1) is 13.2 Å². The van der Waals surface area contributed by atoms with Crippen LogP contribution < -0.4 is 0 Å². The third-order valence-corrected chi connectivity index (χ3v) is 1.53. The van der Waals surface area contributed by atoms with E-state index in [0.717, 1.165) is 6.42 Å². The Morgan fingerprint density at radius 2 is 1.06 bits per heavy atom. The Morgan fingerprint density at radius 3 is 1.29 bits per heavy atom. The highest BCUT2D eigenvalue weighted by atomic mass is 13.9. The third-order valence-electron chi connectivity index (χ3n) is 1.53. The topological polar surface area (TPSA) is 0 Å². The fourth-order valence-corrected chi connectivity index (χ4v) is 0.824. The molecule has 0 aliphatic heterocycles. The normalized spacial score (nSPS) is 6.35. The molecule has 0 heteroatoms. The Balaban J connectivity index is -0.0000000905. The van der Waals surface area contributed by atoms with Gasteiger partial charge in [0.05, 0.1) is 0 Å². The maximum absolute atomic E-state index is 3.00. The average Bonchev–Trinajstić information content (AvgIpc) is 2.48. The highest BCUT2D eigenvalue weighted by Crippen LogP contribution is 2.02. The number of hydrogen-bond acceptors (Lipinski definition) is 0. The first kappa shape index (κ1) is 25.0. The Bertz CT molecular complexity index is 184. The molecule has 1 aromatic carbocycles. The van der Waals surface area contributed by atoms with Crippen LogP contribution in [0.25, 0.3) is 0 Å². The summed E-state index contributed by atoms with van der Waals surface area (Å²) in [6, 6.07) is 8.66. The minimum Gasteiger partial charge on any atom is -0.106 e. The molecule has 0 unspecified atom stereocenters. The average molecular weight is 238 g/mol. The smallest absolute Gasteiger partial charge is 0.0307 e. The lowest BCUT2D eigenvalue weighted by molar-refractivity contribution is 1.14. The van der Waals surface area contributed by atoms with E-state index >= 15 is 0 Å². The summed E-state index contributed by atoms with van der Waals surface area (Å²) < 4.78 is 0. The predicted octanol–water partition coefficient (Wildman–Crippen LogP) is 6.44. The molecular formula is C17H34. The SMILES string of the molecule is C=C.CC.CC.CC.CCc1ccc(C)cc1. The summed E-state index contributed by atoms with van der Waals surface area (Å²) in [5.74, 6) is 0. The van der Waals surface area contributed by atoms with Crippen LogP contribution in [0.4, 0.5) is 0 Å². The highest BCUT2D eigenvalue weighted by Gasteiger charge is 1.84. The molecule has 0 aromatic heterocycles. The number of aryl methyl sites for hydroxylation is 2. The number of rotatable bonds is 1. The lowest BCUT2D eigenvalue weighted by Gasteiger charge is -1.94. The van der Waals surface area contributed by atoms with E-state index in [1.54, 1.807) is 0 Å². The van der Waals surface area contributed by atoms with E-state index in [4.69, 9.17) is 0 Å². The van der Waals surface area contributed by atoms with Gasteiger partial charge in [-0.1, -0.05) is 78.3 Å². The lowest BCUT2D eigenvalue weighted by atomic mass is 10.1.